The van der Waals surface area contributed by atoms with E-state index in [-0.39, 0.29) is 57.8 Å². The van der Waals surface area contributed by atoms with E-state index in [0.29, 0.717) is 11.3 Å². The molecular formula is C26H27NO9. The van der Waals surface area contributed by atoms with E-state index in [2.05, 4.69) is 5.32 Å². The highest BCUT2D eigenvalue weighted by Gasteiger charge is 2.30. The molecule has 36 heavy (non-hydrogen) atoms. The number of benzene rings is 2. The molecule has 3 aromatic rings. The number of methoxy groups -OCH3 is 3. The van der Waals surface area contributed by atoms with Crippen molar-refractivity contribution in [1.29, 1.82) is 0 Å². The Labute approximate surface area is 207 Å². The second-order valence-electron chi connectivity index (χ2n) is 7.96. The Balaban J connectivity index is 2.11. The summed E-state index contributed by atoms with van der Waals surface area (Å²) in [5.41, 5.74) is -0.280. The van der Waals surface area contributed by atoms with Crippen molar-refractivity contribution in [2.24, 2.45) is 0 Å². The fourth-order valence-corrected chi connectivity index (χ4v) is 3.99. The van der Waals surface area contributed by atoms with Crippen molar-refractivity contribution in [3.8, 4) is 28.7 Å². The number of anilines is 1. The number of ketones is 1. The molecule has 0 fully saturated rings. The molecule has 190 valence electrons. The van der Waals surface area contributed by atoms with Crippen molar-refractivity contribution in [2.45, 2.75) is 26.2 Å². The summed E-state index contributed by atoms with van der Waals surface area (Å²) in [5.74, 6) is -1.48. The quantitative estimate of drug-likeness (QED) is 0.297. The number of phenols is 1. The Morgan fingerprint density at radius 2 is 1.67 bits per heavy atom. The van der Waals surface area contributed by atoms with Crippen LogP contribution in [0.2, 0.25) is 0 Å². The SMILES string of the molecule is COc1ccc([C@H](CC(=O)Nc2ccc(O)c(C(C)=O)c2)c2c(O)cc(C)oc2=O)c(OC)c1OC. The highest BCUT2D eigenvalue weighted by Crippen LogP contribution is 2.46. The van der Waals surface area contributed by atoms with Crippen molar-refractivity contribution in [1.82, 2.24) is 0 Å². The van der Waals surface area contributed by atoms with Gasteiger partial charge in [0.05, 0.1) is 32.5 Å². The second-order valence-corrected chi connectivity index (χ2v) is 7.96. The lowest BCUT2D eigenvalue weighted by Crippen LogP contribution is -2.21. The lowest BCUT2D eigenvalue weighted by Gasteiger charge is -2.22. The number of aromatic hydroxyl groups is 2. The molecule has 0 unspecified atom stereocenters. The fourth-order valence-electron chi connectivity index (χ4n) is 3.99. The Morgan fingerprint density at radius 3 is 2.25 bits per heavy atom. The standard InChI is InChI=1S/C26H27NO9/c1-13-10-20(30)23(26(32)36-13)18(16-7-9-21(33-3)25(35-5)24(16)34-4)12-22(31)27-15-6-8-19(29)17(11-15)14(2)28/h6-11,18,29-30H,12H2,1-5H3,(H,27,31)/t18-/m0/s1. The molecule has 1 amide bonds. The maximum absolute atomic E-state index is 13.1. The van der Waals surface area contributed by atoms with Gasteiger partial charge in [0.15, 0.2) is 17.3 Å². The molecule has 0 aliphatic carbocycles. The Bertz CT molecular complexity index is 1360. The minimum atomic E-state index is -1.01. The fraction of sp³-hybridized carbons (Fsp3) is 0.269. The van der Waals surface area contributed by atoms with Crippen molar-refractivity contribution < 1.29 is 38.4 Å². The molecule has 0 aliphatic heterocycles. The molecule has 2 aromatic carbocycles. The molecule has 10 nitrogen and oxygen atoms in total. The van der Waals surface area contributed by atoms with E-state index in [1.807, 2.05) is 0 Å². The third-order valence-electron chi connectivity index (χ3n) is 5.60. The molecule has 1 atom stereocenters. The van der Waals surface area contributed by atoms with Crippen LogP contribution in [0.25, 0.3) is 0 Å². The number of aryl methyl sites for hydroxylation is 1. The van der Waals surface area contributed by atoms with Crippen molar-refractivity contribution in [3.63, 3.8) is 0 Å². The zero-order valence-electron chi connectivity index (χ0n) is 20.5. The van der Waals surface area contributed by atoms with E-state index in [1.54, 1.807) is 12.1 Å². The van der Waals surface area contributed by atoms with Crippen LogP contribution in [-0.4, -0.2) is 43.2 Å². The topological polar surface area (TPSA) is 145 Å². The maximum Gasteiger partial charge on any atom is 0.343 e. The molecular weight excluding hydrogens is 470 g/mol. The molecule has 10 heteroatoms. The molecule has 0 bridgehead atoms. The van der Waals surface area contributed by atoms with Crippen molar-refractivity contribution in [3.05, 3.63) is 69.3 Å². The van der Waals surface area contributed by atoms with Gasteiger partial charge in [0, 0.05) is 29.7 Å². The van der Waals surface area contributed by atoms with E-state index in [4.69, 9.17) is 18.6 Å². The summed E-state index contributed by atoms with van der Waals surface area (Å²) in [6.45, 7) is 2.81. The molecule has 0 spiro atoms. The second kappa shape index (κ2) is 10.9. The predicted octanol–water partition coefficient (Wildman–Crippen LogP) is 3.75. The molecule has 0 saturated heterocycles. The number of hydrogen-bond acceptors (Lipinski definition) is 9. The average Bonchev–Trinajstić information content (AvgIpc) is 2.82. The number of hydrogen-bond donors (Lipinski definition) is 3. The highest BCUT2D eigenvalue weighted by atomic mass is 16.5. The largest absolute Gasteiger partial charge is 0.507 e. The average molecular weight is 498 g/mol. The lowest BCUT2D eigenvalue weighted by molar-refractivity contribution is -0.116. The minimum Gasteiger partial charge on any atom is -0.507 e. The van der Waals surface area contributed by atoms with Crippen LogP contribution < -0.4 is 25.2 Å². The van der Waals surface area contributed by atoms with Crippen LogP contribution in [0.1, 0.15) is 46.5 Å². The van der Waals surface area contributed by atoms with Gasteiger partial charge in [-0.1, -0.05) is 6.07 Å². The van der Waals surface area contributed by atoms with Gasteiger partial charge in [-0.15, -0.1) is 0 Å². The summed E-state index contributed by atoms with van der Waals surface area (Å²) < 4.78 is 21.5. The molecule has 0 aliphatic rings. The van der Waals surface area contributed by atoms with Gasteiger partial charge in [0.25, 0.3) is 0 Å². The zero-order chi connectivity index (χ0) is 26.6. The zero-order valence-corrected chi connectivity index (χ0v) is 20.5. The molecule has 0 radical (unpaired) electrons. The number of phenolic OH excluding ortho intramolecular Hbond substituents is 1. The number of nitrogens with one attached hydrogen (secondary N) is 1. The Hall–Kier alpha value is -4.47. The van der Waals surface area contributed by atoms with Crippen LogP contribution in [0.5, 0.6) is 28.7 Å². The lowest BCUT2D eigenvalue weighted by atomic mass is 9.87. The molecule has 3 rings (SSSR count). The summed E-state index contributed by atoms with van der Waals surface area (Å²) in [6.07, 6.45) is -0.316. The monoisotopic (exact) mass is 497 g/mol. The van der Waals surface area contributed by atoms with E-state index in [1.165, 1.54) is 59.4 Å². The number of ether oxygens (including phenoxy) is 3. The van der Waals surface area contributed by atoms with Gasteiger partial charge < -0.3 is 34.2 Å². The van der Waals surface area contributed by atoms with Crippen LogP contribution in [0.15, 0.2) is 45.6 Å². The van der Waals surface area contributed by atoms with Crippen LogP contribution in [0.4, 0.5) is 5.69 Å². The predicted molar refractivity (Wildman–Crippen MR) is 131 cm³/mol. The first-order valence-electron chi connectivity index (χ1n) is 10.9. The number of carbonyl (C=O) groups excluding carboxylic acids is 2. The molecule has 1 aromatic heterocycles. The number of carbonyl (C=O) groups is 2. The van der Waals surface area contributed by atoms with Gasteiger partial charge in [-0.3, -0.25) is 9.59 Å². The van der Waals surface area contributed by atoms with Gasteiger partial charge in [0.1, 0.15) is 17.3 Å². The van der Waals surface area contributed by atoms with Crippen LogP contribution >= 0.6 is 0 Å². The van der Waals surface area contributed by atoms with Gasteiger partial charge in [-0.2, -0.15) is 0 Å². The third kappa shape index (κ3) is 5.27. The maximum atomic E-state index is 13.1. The van der Waals surface area contributed by atoms with Crippen LogP contribution in [-0.2, 0) is 4.79 Å². The smallest absolute Gasteiger partial charge is 0.343 e. The summed E-state index contributed by atoms with van der Waals surface area (Å²) in [4.78, 5) is 37.7. The van der Waals surface area contributed by atoms with Gasteiger partial charge in [-0.25, -0.2) is 4.79 Å². The molecule has 3 N–H and O–H groups in total. The summed E-state index contributed by atoms with van der Waals surface area (Å²) in [6, 6.07) is 8.55. The summed E-state index contributed by atoms with van der Waals surface area (Å²) in [5, 5.41) is 23.2. The summed E-state index contributed by atoms with van der Waals surface area (Å²) >= 11 is 0. The van der Waals surface area contributed by atoms with Gasteiger partial charge >= 0.3 is 5.63 Å². The van der Waals surface area contributed by atoms with Gasteiger partial charge in [-0.05, 0) is 38.1 Å². The van der Waals surface area contributed by atoms with Crippen LogP contribution in [0, 0.1) is 6.92 Å². The van der Waals surface area contributed by atoms with Crippen LogP contribution in [0.3, 0.4) is 0 Å². The Morgan fingerprint density at radius 1 is 0.972 bits per heavy atom. The van der Waals surface area contributed by atoms with Crippen molar-refractivity contribution >= 4 is 17.4 Å². The van der Waals surface area contributed by atoms with E-state index >= 15 is 0 Å². The van der Waals surface area contributed by atoms with Crippen molar-refractivity contribution in [2.75, 3.05) is 26.6 Å². The first-order chi connectivity index (χ1) is 17.1. The molecule has 0 saturated carbocycles. The van der Waals surface area contributed by atoms with Gasteiger partial charge in [0.2, 0.25) is 11.7 Å². The van der Waals surface area contributed by atoms with E-state index in [9.17, 15) is 24.6 Å². The normalized spacial score (nSPS) is 11.5. The first kappa shape index (κ1) is 26.1. The highest BCUT2D eigenvalue weighted by molar-refractivity contribution is 5.99. The number of amides is 1. The number of rotatable bonds is 9. The Kier molecular flexibility index (Phi) is 7.88. The minimum absolute atomic E-state index is 0.0442. The molecule has 1 heterocycles. The third-order valence-corrected chi connectivity index (χ3v) is 5.60. The number of Topliss-reactive ketones (excluding diaryl/α,β-unsaturated/α-hetero) is 1. The summed E-state index contributed by atoms with van der Waals surface area (Å²) in [7, 11) is 4.27. The first-order valence-corrected chi connectivity index (χ1v) is 10.9. The van der Waals surface area contributed by atoms with E-state index < -0.39 is 17.5 Å². The van der Waals surface area contributed by atoms with E-state index in [0.717, 1.165) is 0 Å².